The van der Waals surface area contributed by atoms with Gasteiger partial charge in [0.05, 0.1) is 5.92 Å². The molecule has 1 aromatic carbocycles. The molecule has 1 unspecified atom stereocenters. The van der Waals surface area contributed by atoms with E-state index in [0.29, 0.717) is 26.1 Å². The second-order valence-electron chi connectivity index (χ2n) is 9.68. The number of imide groups is 1. The van der Waals surface area contributed by atoms with Crippen molar-refractivity contribution >= 4 is 22.8 Å². The number of likely N-dealkylation sites (tertiary alicyclic amines) is 1. The van der Waals surface area contributed by atoms with Crippen LogP contribution >= 0.6 is 0 Å². The number of carbonyl (C=O) groups excluding carboxylic acids is 2. The molecule has 0 radical (unpaired) electrons. The van der Waals surface area contributed by atoms with Crippen LogP contribution < -0.4 is 5.32 Å². The molecule has 3 amide bonds. The summed E-state index contributed by atoms with van der Waals surface area (Å²) in [5.74, 6) is -0.447. The smallest absolute Gasteiger partial charge is 0.324 e. The van der Waals surface area contributed by atoms with Gasteiger partial charge in [0.2, 0.25) is 5.91 Å². The summed E-state index contributed by atoms with van der Waals surface area (Å²) in [5.41, 5.74) is 2.93. The molecule has 8 nitrogen and oxygen atoms in total. The molecule has 1 aliphatic carbocycles. The quantitative estimate of drug-likeness (QED) is 0.670. The Morgan fingerprint density at radius 3 is 2.79 bits per heavy atom. The summed E-state index contributed by atoms with van der Waals surface area (Å²) < 4.78 is 6.32. The van der Waals surface area contributed by atoms with Crippen molar-refractivity contribution in [2.45, 2.75) is 37.8 Å². The summed E-state index contributed by atoms with van der Waals surface area (Å²) in [7, 11) is 7.81. The van der Waals surface area contributed by atoms with Crippen LogP contribution in [0.1, 0.15) is 30.9 Å². The topological polar surface area (TPSA) is 80.9 Å². The van der Waals surface area contributed by atoms with E-state index in [4.69, 9.17) is 4.74 Å². The summed E-state index contributed by atoms with van der Waals surface area (Å²) in [6, 6.07) is 6.09. The van der Waals surface area contributed by atoms with E-state index < -0.39 is 5.60 Å². The first kappa shape index (κ1) is 23.7. The maximum absolute atomic E-state index is 13.8. The number of amides is 3. The molecule has 180 valence electrons. The third-order valence-electron chi connectivity index (χ3n) is 7.32. The number of benzene rings is 1. The molecule has 3 atom stereocenters. The maximum Gasteiger partial charge on any atom is 0.324 e. The van der Waals surface area contributed by atoms with Gasteiger partial charge in [0, 0.05) is 49.9 Å². The Morgan fingerprint density at radius 1 is 1.30 bits per heavy atom. The van der Waals surface area contributed by atoms with Gasteiger partial charge in [-0.15, -0.1) is 0 Å². The van der Waals surface area contributed by atoms with E-state index in [9.17, 15) is 9.59 Å². The number of rotatable bonds is 7. The van der Waals surface area contributed by atoms with E-state index in [1.165, 1.54) is 15.8 Å². The Kier molecular flexibility index (Phi) is 6.79. The molecule has 2 aliphatic rings. The zero-order chi connectivity index (χ0) is 23.8. The average Bonchev–Trinajstić information content (AvgIpc) is 3.21. The van der Waals surface area contributed by atoms with Crippen LogP contribution in [0.2, 0.25) is 0 Å². The number of carbonyl (C=O) groups is 2. The Labute approximate surface area is 196 Å². The van der Waals surface area contributed by atoms with Crippen LogP contribution in [-0.4, -0.2) is 92.1 Å². The minimum Gasteiger partial charge on any atom is -0.372 e. The number of H-pyrrole nitrogens is 1. The number of nitrogens with zero attached hydrogens (tertiary/aromatic N) is 3. The van der Waals surface area contributed by atoms with Crippen LogP contribution in [-0.2, 0) is 21.6 Å². The van der Waals surface area contributed by atoms with Gasteiger partial charge in [-0.25, -0.2) is 4.79 Å². The largest absolute Gasteiger partial charge is 0.372 e. The molecule has 1 aromatic heterocycles. The number of ether oxygens (including phenoxy) is 1. The number of aromatic nitrogens is 1. The molecule has 1 fully saturated rings. The molecule has 33 heavy (non-hydrogen) atoms. The minimum absolute atomic E-state index is 0.117. The van der Waals surface area contributed by atoms with E-state index in [1.807, 2.05) is 21.0 Å². The van der Waals surface area contributed by atoms with Crippen molar-refractivity contribution in [2.24, 2.45) is 5.92 Å². The second kappa shape index (κ2) is 9.44. The van der Waals surface area contributed by atoms with Gasteiger partial charge < -0.3 is 19.9 Å². The fraction of sp³-hybridized carbons (Fsp3) is 0.600. The van der Waals surface area contributed by atoms with E-state index >= 15 is 0 Å². The van der Waals surface area contributed by atoms with Gasteiger partial charge in [0.25, 0.3) is 0 Å². The average molecular weight is 456 g/mol. The van der Waals surface area contributed by atoms with Crippen molar-refractivity contribution in [1.29, 1.82) is 0 Å². The summed E-state index contributed by atoms with van der Waals surface area (Å²) >= 11 is 0. The van der Waals surface area contributed by atoms with E-state index in [-0.39, 0.29) is 23.9 Å². The monoisotopic (exact) mass is 455 g/mol. The highest BCUT2D eigenvalue weighted by Crippen LogP contribution is 2.49. The van der Waals surface area contributed by atoms with Crippen LogP contribution in [0, 0.1) is 5.92 Å². The Morgan fingerprint density at radius 2 is 2.09 bits per heavy atom. The molecule has 0 bridgehead atoms. The van der Waals surface area contributed by atoms with Crippen molar-refractivity contribution in [2.75, 3.05) is 54.4 Å². The molecular weight excluding hydrogens is 418 g/mol. The first-order valence-electron chi connectivity index (χ1n) is 11.9. The highest BCUT2D eigenvalue weighted by atomic mass is 16.5. The number of nitrogens with one attached hydrogen (secondary N) is 2. The molecule has 4 rings (SSSR count). The number of hydrogen-bond donors (Lipinski definition) is 2. The molecule has 0 saturated carbocycles. The zero-order valence-corrected chi connectivity index (χ0v) is 20.5. The van der Waals surface area contributed by atoms with Gasteiger partial charge in [-0.1, -0.05) is 12.1 Å². The lowest BCUT2D eigenvalue weighted by Crippen LogP contribution is -2.62. The number of methoxy groups -OCH3 is 1. The van der Waals surface area contributed by atoms with Gasteiger partial charge in [0.15, 0.2) is 0 Å². The van der Waals surface area contributed by atoms with Crippen LogP contribution in [0.4, 0.5) is 4.79 Å². The van der Waals surface area contributed by atoms with Crippen LogP contribution in [0.3, 0.4) is 0 Å². The molecule has 1 aliphatic heterocycles. The Balaban J connectivity index is 1.66. The van der Waals surface area contributed by atoms with Crippen molar-refractivity contribution in [1.82, 2.24) is 25.0 Å². The minimum atomic E-state index is -0.599. The summed E-state index contributed by atoms with van der Waals surface area (Å²) in [6.45, 7) is 4.19. The molecule has 1 saturated heterocycles. The Hall–Kier alpha value is -2.42. The predicted molar refractivity (Wildman–Crippen MR) is 129 cm³/mol. The molecule has 2 N–H and O–H groups in total. The van der Waals surface area contributed by atoms with Gasteiger partial charge in [-0.05, 0) is 71.1 Å². The summed E-state index contributed by atoms with van der Waals surface area (Å²) in [5, 5.41) is 4.04. The van der Waals surface area contributed by atoms with Crippen LogP contribution in [0.5, 0.6) is 0 Å². The number of aromatic amines is 1. The van der Waals surface area contributed by atoms with Crippen molar-refractivity contribution in [3.8, 4) is 0 Å². The molecule has 2 aromatic rings. The van der Waals surface area contributed by atoms with Crippen molar-refractivity contribution in [3.63, 3.8) is 0 Å². The van der Waals surface area contributed by atoms with E-state index in [1.54, 1.807) is 7.11 Å². The third kappa shape index (κ3) is 4.16. The first-order valence-corrected chi connectivity index (χ1v) is 11.9. The van der Waals surface area contributed by atoms with E-state index in [2.05, 4.69) is 51.5 Å². The number of hydrogen-bond acceptors (Lipinski definition) is 5. The SMILES string of the molecule is CCNC(=O)N(CCCN(C)C)C(=O)C1CN(C)[C@@H]2Cc3c[nH]c4cccc(c34)[C@]2(OC)C1. The standard InChI is InChI=1S/C25H37N5O3/c1-6-26-24(32)30(12-8-11-28(2)3)23(31)18-14-25(33-5)19-9-7-10-20-22(19)17(15-27-20)13-21(25)29(4)16-18/h7,9-10,15,18,21,27H,6,8,11-14,16H2,1-5H3,(H,26,32)/t18?,21-,25-/m1/s1. The highest BCUT2D eigenvalue weighted by Gasteiger charge is 2.53. The fourth-order valence-corrected chi connectivity index (χ4v) is 5.80. The van der Waals surface area contributed by atoms with Gasteiger partial charge in [-0.3, -0.25) is 14.6 Å². The number of piperidine rings is 1. The molecule has 0 spiro atoms. The van der Waals surface area contributed by atoms with Crippen LogP contribution in [0.15, 0.2) is 24.4 Å². The lowest BCUT2D eigenvalue weighted by atomic mass is 9.68. The molecular formula is C25H37N5O3. The van der Waals surface area contributed by atoms with Gasteiger partial charge >= 0.3 is 6.03 Å². The van der Waals surface area contributed by atoms with Gasteiger partial charge in [-0.2, -0.15) is 0 Å². The first-order chi connectivity index (χ1) is 15.8. The third-order valence-corrected chi connectivity index (χ3v) is 7.32. The number of urea groups is 1. The van der Waals surface area contributed by atoms with Gasteiger partial charge in [0.1, 0.15) is 5.60 Å². The highest BCUT2D eigenvalue weighted by molar-refractivity contribution is 5.96. The normalized spacial score (nSPS) is 24.7. The molecule has 2 heterocycles. The number of fused-ring (bicyclic) bond motifs is 2. The maximum atomic E-state index is 13.8. The lowest BCUT2D eigenvalue weighted by Gasteiger charge is -2.53. The zero-order valence-electron chi connectivity index (χ0n) is 20.5. The van der Waals surface area contributed by atoms with Crippen molar-refractivity contribution in [3.05, 3.63) is 35.5 Å². The fourth-order valence-electron chi connectivity index (χ4n) is 5.80. The number of likely N-dealkylation sites (N-methyl/N-ethyl adjacent to an activating group) is 1. The summed E-state index contributed by atoms with van der Waals surface area (Å²) in [4.78, 5) is 35.7. The lowest BCUT2D eigenvalue weighted by molar-refractivity contribution is -0.153. The van der Waals surface area contributed by atoms with E-state index in [0.717, 1.165) is 30.5 Å². The summed E-state index contributed by atoms with van der Waals surface area (Å²) in [6.07, 6.45) is 4.26. The van der Waals surface area contributed by atoms with Crippen LogP contribution in [0.25, 0.3) is 10.9 Å². The Bertz CT molecular complexity index is 1020. The predicted octanol–water partition coefficient (Wildman–Crippen LogP) is 2.40. The second-order valence-corrected chi connectivity index (χ2v) is 9.68. The molecule has 8 heteroatoms. The van der Waals surface area contributed by atoms with Crippen molar-refractivity contribution < 1.29 is 14.3 Å².